The van der Waals surface area contributed by atoms with Gasteiger partial charge in [-0.25, -0.2) is 0 Å². The summed E-state index contributed by atoms with van der Waals surface area (Å²) in [7, 11) is 1.56. The zero-order valence-corrected chi connectivity index (χ0v) is 19.4. The SMILES string of the molecule is CCN(CC)[C@@H]1CCN([C@@H](C)C(=O)Nc2ccc(C(=O)Nc3ccccc3OC)cc2)C1. The largest absolute Gasteiger partial charge is 0.495 e. The Hall–Kier alpha value is -2.90. The van der Waals surface area contributed by atoms with Crippen molar-refractivity contribution in [3.63, 3.8) is 0 Å². The molecule has 2 N–H and O–H groups in total. The molecule has 0 aliphatic carbocycles. The molecule has 2 aromatic carbocycles. The number of hydrogen-bond acceptors (Lipinski definition) is 5. The quantitative estimate of drug-likeness (QED) is 0.625. The number of anilines is 2. The predicted octanol–water partition coefficient (Wildman–Crippen LogP) is 3.69. The Morgan fingerprint density at radius 2 is 1.78 bits per heavy atom. The number of carbonyl (C=O) groups is 2. The van der Waals surface area contributed by atoms with Gasteiger partial charge in [-0.3, -0.25) is 19.4 Å². The first-order chi connectivity index (χ1) is 15.5. The molecule has 3 rings (SSSR count). The van der Waals surface area contributed by atoms with Gasteiger partial charge in [0, 0.05) is 30.4 Å². The van der Waals surface area contributed by atoms with Gasteiger partial charge in [-0.15, -0.1) is 0 Å². The van der Waals surface area contributed by atoms with E-state index in [4.69, 9.17) is 4.74 Å². The van der Waals surface area contributed by atoms with Crippen molar-refractivity contribution < 1.29 is 14.3 Å². The van der Waals surface area contributed by atoms with E-state index in [1.54, 1.807) is 43.5 Å². The molecule has 0 spiro atoms. The number of ether oxygens (including phenoxy) is 1. The van der Waals surface area contributed by atoms with Gasteiger partial charge in [-0.1, -0.05) is 26.0 Å². The van der Waals surface area contributed by atoms with Gasteiger partial charge in [-0.05, 0) is 62.8 Å². The van der Waals surface area contributed by atoms with Crippen LogP contribution in [0.25, 0.3) is 0 Å². The summed E-state index contributed by atoms with van der Waals surface area (Å²) in [5, 5.41) is 5.83. The molecule has 1 saturated heterocycles. The topological polar surface area (TPSA) is 73.9 Å². The van der Waals surface area contributed by atoms with Crippen LogP contribution >= 0.6 is 0 Å². The summed E-state index contributed by atoms with van der Waals surface area (Å²) in [5.74, 6) is 0.334. The second kappa shape index (κ2) is 11.1. The van der Waals surface area contributed by atoms with Crippen LogP contribution in [0.5, 0.6) is 5.75 Å². The highest BCUT2D eigenvalue weighted by Crippen LogP contribution is 2.24. The fourth-order valence-corrected chi connectivity index (χ4v) is 4.22. The van der Waals surface area contributed by atoms with E-state index < -0.39 is 0 Å². The third kappa shape index (κ3) is 5.66. The monoisotopic (exact) mass is 438 g/mol. The van der Waals surface area contributed by atoms with Crippen LogP contribution in [0.2, 0.25) is 0 Å². The molecular weight excluding hydrogens is 404 g/mol. The second-order valence-corrected chi connectivity index (χ2v) is 8.06. The molecular formula is C25H34N4O3. The predicted molar refractivity (Wildman–Crippen MR) is 128 cm³/mol. The fraction of sp³-hybridized carbons (Fsp3) is 0.440. The van der Waals surface area contributed by atoms with E-state index in [2.05, 4.69) is 34.3 Å². The fourth-order valence-electron chi connectivity index (χ4n) is 4.22. The molecule has 1 aliphatic rings. The third-order valence-electron chi connectivity index (χ3n) is 6.22. The normalized spacial score (nSPS) is 17.2. The molecule has 7 nitrogen and oxygen atoms in total. The van der Waals surface area contributed by atoms with Crippen LogP contribution in [0.15, 0.2) is 48.5 Å². The first-order valence-electron chi connectivity index (χ1n) is 11.3. The molecule has 2 atom stereocenters. The highest BCUT2D eigenvalue weighted by Gasteiger charge is 2.31. The summed E-state index contributed by atoms with van der Waals surface area (Å²) in [6.45, 7) is 10.2. The van der Waals surface area contributed by atoms with Crippen LogP contribution in [-0.4, -0.2) is 67.0 Å². The Morgan fingerprint density at radius 1 is 1.09 bits per heavy atom. The van der Waals surface area contributed by atoms with E-state index in [0.717, 1.165) is 32.6 Å². The maximum Gasteiger partial charge on any atom is 0.255 e. The number of hydrogen-bond donors (Lipinski definition) is 2. The zero-order valence-electron chi connectivity index (χ0n) is 19.4. The van der Waals surface area contributed by atoms with E-state index >= 15 is 0 Å². The zero-order chi connectivity index (χ0) is 23.1. The lowest BCUT2D eigenvalue weighted by atomic mass is 10.1. The van der Waals surface area contributed by atoms with E-state index in [9.17, 15) is 9.59 Å². The number of nitrogens with one attached hydrogen (secondary N) is 2. The van der Waals surface area contributed by atoms with Crippen molar-refractivity contribution in [3.05, 3.63) is 54.1 Å². The van der Waals surface area contributed by atoms with Gasteiger partial charge in [0.25, 0.3) is 5.91 Å². The second-order valence-electron chi connectivity index (χ2n) is 8.06. The van der Waals surface area contributed by atoms with Crippen molar-refractivity contribution in [3.8, 4) is 5.75 Å². The Labute approximate surface area is 190 Å². The Morgan fingerprint density at radius 3 is 2.44 bits per heavy atom. The van der Waals surface area contributed by atoms with Crippen LogP contribution in [0, 0.1) is 0 Å². The minimum absolute atomic E-state index is 0.0311. The molecule has 172 valence electrons. The van der Waals surface area contributed by atoms with Crippen LogP contribution in [0.1, 0.15) is 37.6 Å². The summed E-state index contributed by atoms with van der Waals surface area (Å²) < 4.78 is 5.27. The summed E-state index contributed by atoms with van der Waals surface area (Å²) >= 11 is 0. The van der Waals surface area contributed by atoms with E-state index in [-0.39, 0.29) is 17.9 Å². The van der Waals surface area contributed by atoms with E-state index in [0.29, 0.717) is 28.7 Å². The molecule has 32 heavy (non-hydrogen) atoms. The highest BCUT2D eigenvalue weighted by atomic mass is 16.5. The molecule has 1 fully saturated rings. The van der Waals surface area contributed by atoms with Crippen molar-refractivity contribution in [2.24, 2.45) is 0 Å². The Balaban J connectivity index is 1.56. The number of benzene rings is 2. The summed E-state index contributed by atoms with van der Waals surface area (Å²) in [6, 6.07) is 14.5. The number of nitrogens with zero attached hydrogens (tertiary/aromatic N) is 2. The maximum atomic E-state index is 12.8. The van der Waals surface area contributed by atoms with Gasteiger partial charge in [0.1, 0.15) is 5.75 Å². The van der Waals surface area contributed by atoms with Crippen LogP contribution < -0.4 is 15.4 Å². The number of carbonyl (C=O) groups excluding carboxylic acids is 2. The Kier molecular flexibility index (Phi) is 8.25. The van der Waals surface area contributed by atoms with Gasteiger partial charge in [0.2, 0.25) is 5.91 Å². The number of methoxy groups -OCH3 is 1. The lowest BCUT2D eigenvalue weighted by Crippen LogP contribution is -2.43. The van der Waals surface area contributed by atoms with Gasteiger partial charge in [0.05, 0.1) is 18.8 Å². The molecule has 1 heterocycles. The van der Waals surface area contributed by atoms with Gasteiger partial charge in [-0.2, -0.15) is 0 Å². The van der Waals surface area contributed by atoms with Crippen molar-refractivity contribution in [2.45, 2.75) is 39.3 Å². The molecule has 2 aromatic rings. The minimum atomic E-state index is -0.236. The molecule has 2 amide bonds. The number of rotatable bonds is 9. The number of amides is 2. The third-order valence-corrected chi connectivity index (χ3v) is 6.22. The summed E-state index contributed by atoms with van der Waals surface area (Å²) in [5.41, 5.74) is 1.79. The van der Waals surface area contributed by atoms with Gasteiger partial charge < -0.3 is 15.4 Å². The molecule has 1 aliphatic heterocycles. The molecule has 7 heteroatoms. The standard InChI is InChI=1S/C25H34N4O3/c1-5-28(6-2)21-15-16-29(17-21)18(3)24(30)26-20-13-11-19(12-14-20)25(31)27-22-9-7-8-10-23(22)32-4/h7-14,18,21H,5-6,15-17H2,1-4H3,(H,26,30)(H,27,31)/t18-,21+/m0/s1. The Bertz CT molecular complexity index is 912. The molecule has 0 bridgehead atoms. The minimum Gasteiger partial charge on any atom is -0.495 e. The lowest BCUT2D eigenvalue weighted by Gasteiger charge is -2.28. The molecule has 0 saturated carbocycles. The molecule has 0 radical (unpaired) electrons. The number of para-hydroxylation sites is 2. The first-order valence-corrected chi connectivity index (χ1v) is 11.3. The van der Waals surface area contributed by atoms with E-state index in [1.165, 1.54) is 0 Å². The molecule has 0 aromatic heterocycles. The smallest absolute Gasteiger partial charge is 0.255 e. The van der Waals surface area contributed by atoms with Gasteiger partial charge in [0.15, 0.2) is 0 Å². The van der Waals surface area contributed by atoms with Crippen molar-refractivity contribution in [1.29, 1.82) is 0 Å². The molecule has 0 unspecified atom stereocenters. The lowest BCUT2D eigenvalue weighted by molar-refractivity contribution is -0.120. The highest BCUT2D eigenvalue weighted by molar-refractivity contribution is 6.05. The van der Waals surface area contributed by atoms with Gasteiger partial charge >= 0.3 is 0 Å². The number of likely N-dealkylation sites (tertiary alicyclic amines) is 1. The van der Waals surface area contributed by atoms with Crippen LogP contribution in [-0.2, 0) is 4.79 Å². The van der Waals surface area contributed by atoms with Crippen LogP contribution in [0.4, 0.5) is 11.4 Å². The van der Waals surface area contributed by atoms with Crippen molar-refractivity contribution in [1.82, 2.24) is 9.80 Å². The van der Waals surface area contributed by atoms with Crippen molar-refractivity contribution >= 4 is 23.2 Å². The van der Waals surface area contributed by atoms with Crippen molar-refractivity contribution in [2.75, 3.05) is 43.9 Å². The number of likely N-dealkylation sites (N-methyl/N-ethyl adjacent to an activating group) is 1. The first kappa shape index (κ1) is 23.8. The van der Waals surface area contributed by atoms with E-state index in [1.807, 2.05) is 19.1 Å². The average Bonchev–Trinajstić information content (AvgIpc) is 3.30. The summed E-state index contributed by atoms with van der Waals surface area (Å²) in [4.78, 5) is 30.1. The summed E-state index contributed by atoms with van der Waals surface area (Å²) in [6.07, 6.45) is 1.09. The maximum absolute atomic E-state index is 12.8. The average molecular weight is 439 g/mol. The van der Waals surface area contributed by atoms with Crippen LogP contribution in [0.3, 0.4) is 0 Å².